The van der Waals surface area contributed by atoms with Crippen LogP contribution in [0.15, 0.2) is 51.4 Å². The van der Waals surface area contributed by atoms with Crippen LogP contribution in [0.25, 0.3) is 22.3 Å². The first-order chi connectivity index (χ1) is 13.4. The van der Waals surface area contributed by atoms with Crippen molar-refractivity contribution in [1.82, 2.24) is 15.0 Å². The third kappa shape index (κ3) is 3.32. The van der Waals surface area contributed by atoms with E-state index in [4.69, 9.17) is 0 Å². The second-order valence-electron chi connectivity index (χ2n) is 5.79. The molecule has 0 saturated carbocycles. The Balaban J connectivity index is 1.58. The Morgan fingerprint density at radius 3 is 2.46 bits per heavy atom. The van der Waals surface area contributed by atoms with Crippen LogP contribution in [0.3, 0.4) is 0 Å². The number of nitrogens with zero attached hydrogens (tertiary/aromatic N) is 1. The number of fused-ring (bicyclic) bond motifs is 1. The molecule has 2 aromatic carbocycles. The van der Waals surface area contributed by atoms with Crippen molar-refractivity contribution in [1.29, 1.82) is 0 Å². The molecule has 0 aliphatic carbocycles. The zero-order chi connectivity index (χ0) is 19.8. The van der Waals surface area contributed by atoms with Gasteiger partial charge in [0.05, 0.1) is 16.7 Å². The van der Waals surface area contributed by atoms with E-state index >= 15 is 0 Å². The molecule has 0 saturated heterocycles. The molecule has 0 aliphatic heterocycles. The van der Waals surface area contributed by atoms with Gasteiger partial charge in [-0.3, -0.25) is 19.7 Å². The summed E-state index contributed by atoms with van der Waals surface area (Å²) in [6, 6.07) is 7.82. The maximum Gasteiger partial charge on any atom is 0.314 e. The van der Waals surface area contributed by atoms with Crippen molar-refractivity contribution in [3.63, 3.8) is 0 Å². The second kappa shape index (κ2) is 6.82. The first-order valence-electron chi connectivity index (χ1n) is 7.89. The molecule has 4 rings (SSSR count). The van der Waals surface area contributed by atoms with Gasteiger partial charge in [-0.1, -0.05) is 0 Å². The van der Waals surface area contributed by atoms with Gasteiger partial charge in [0.2, 0.25) is 0 Å². The molecule has 10 heteroatoms. The number of aromatic nitrogens is 3. The number of anilines is 1. The van der Waals surface area contributed by atoms with E-state index < -0.39 is 28.7 Å². The fourth-order valence-corrected chi connectivity index (χ4v) is 3.26. The molecule has 3 N–H and O–H groups in total. The highest BCUT2D eigenvalue weighted by Crippen LogP contribution is 2.26. The van der Waals surface area contributed by atoms with Gasteiger partial charge in [-0.25, -0.2) is 13.8 Å². The Hall–Kier alpha value is -3.66. The van der Waals surface area contributed by atoms with E-state index in [1.54, 1.807) is 5.38 Å². The Bertz CT molecular complexity index is 1340. The zero-order valence-electron chi connectivity index (χ0n) is 13.9. The summed E-state index contributed by atoms with van der Waals surface area (Å²) in [7, 11) is 0. The lowest BCUT2D eigenvalue weighted by molar-refractivity contribution is 0.102. The van der Waals surface area contributed by atoms with E-state index in [1.165, 1.54) is 24.3 Å². The van der Waals surface area contributed by atoms with Crippen LogP contribution in [-0.2, 0) is 0 Å². The minimum atomic E-state index is -0.987. The highest BCUT2D eigenvalue weighted by atomic mass is 32.1. The Labute approximate surface area is 158 Å². The van der Waals surface area contributed by atoms with Gasteiger partial charge >= 0.3 is 11.1 Å². The van der Waals surface area contributed by atoms with E-state index in [1.807, 2.05) is 0 Å². The summed E-state index contributed by atoms with van der Waals surface area (Å²) in [5, 5.41) is 4.47. The van der Waals surface area contributed by atoms with Crippen molar-refractivity contribution in [3.05, 3.63) is 79.7 Å². The maximum absolute atomic E-state index is 13.4. The smallest absolute Gasteiger partial charge is 0.314 e. The fourth-order valence-electron chi connectivity index (χ4n) is 2.54. The molecule has 0 atom stereocenters. The lowest BCUT2D eigenvalue weighted by Gasteiger charge is -2.03. The minimum absolute atomic E-state index is 0.236. The molecule has 1 amide bonds. The van der Waals surface area contributed by atoms with Crippen LogP contribution < -0.4 is 16.4 Å². The second-order valence-corrected chi connectivity index (χ2v) is 6.65. The van der Waals surface area contributed by atoms with Crippen molar-refractivity contribution < 1.29 is 13.6 Å². The average molecular weight is 400 g/mol. The minimum Gasteiger partial charge on any atom is -0.316 e. The zero-order valence-corrected chi connectivity index (χ0v) is 14.7. The van der Waals surface area contributed by atoms with Gasteiger partial charge in [0.25, 0.3) is 5.91 Å². The SMILES string of the molecule is O=C(Nc1nc(-c2ccc(F)c(F)c2)cs1)c1ccc2[nH]c(=O)c(=O)[nH]c2c1. The molecule has 0 fully saturated rings. The number of aromatic amines is 2. The van der Waals surface area contributed by atoms with Crippen molar-refractivity contribution in [2.75, 3.05) is 5.32 Å². The third-order valence-corrected chi connectivity index (χ3v) is 4.68. The van der Waals surface area contributed by atoms with E-state index in [9.17, 15) is 23.2 Å². The fraction of sp³-hybridized carbons (Fsp3) is 0. The summed E-state index contributed by atoms with van der Waals surface area (Å²) in [6.07, 6.45) is 0. The van der Waals surface area contributed by atoms with Crippen LogP contribution in [0.2, 0.25) is 0 Å². The summed E-state index contributed by atoms with van der Waals surface area (Å²) in [5.74, 6) is -2.43. The predicted octanol–water partition coefficient (Wildman–Crippen LogP) is 2.87. The number of rotatable bonds is 3. The third-order valence-electron chi connectivity index (χ3n) is 3.92. The number of benzene rings is 2. The molecular formula is C18H10F2N4O3S. The normalized spacial score (nSPS) is 10.9. The Kier molecular flexibility index (Phi) is 4.32. The molecule has 0 bridgehead atoms. The molecule has 0 spiro atoms. The molecule has 0 unspecified atom stereocenters. The van der Waals surface area contributed by atoms with Crippen LogP contribution in [0.4, 0.5) is 13.9 Å². The maximum atomic E-state index is 13.4. The number of H-pyrrole nitrogens is 2. The summed E-state index contributed by atoms with van der Waals surface area (Å²) >= 11 is 1.12. The highest BCUT2D eigenvalue weighted by molar-refractivity contribution is 7.14. The van der Waals surface area contributed by atoms with Gasteiger partial charge in [-0.05, 0) is 36.4 Å². The largest absolute Gasteiger partial charge is 0.316 e. The summed E-state index contributed by atoms with van der Waals surface area (Å²) in [5.41, 5.74) is 0.0931. The number of carbonyl (C=O) groups excluding carboxylic acids is 1. The number of halogens is 2. The number of amides is 1. The molecule has 7 nitrogen and oxygen atoms in total. The van der Waals surface area contributed by atoms with Crippen LogP contribution >= 0.6 is 11.3 Å². The number of nitrogens with one attached hydrogen (secondary N) is 3. The monoisotopic (exact) mass is 400 g/mol. The van der Waals surface area contributed by atoms with Gasteiger partial charge in [0, 0.05) is 16.5 Å². The van der Waals surface area contributed by atoms with E-state index in [2.05, 4.69) is 20.3 Å². The Morgan fingerprint density at radius 2 is 1.71 bits per heavy atom. The number of carbonyl (C=O) groups is 1. The van der Waals surface area contributed by atoms with Crippen molar-refractivity contribution in [2.24, 2.45) is 0 Å². The lowest BCUT2D eigenvalue weighted by atomic mass is 10.1. The predicted molar refractivity (Wildman–Crippen MR) is 101 cm³/mol. The van der Waals surface area contributed by atoms with Crippen LogP contribution in [-0.4, -0.2) is 20.9 Å². The molecule has 140 valence electrons. The van der Waals surface area contributed by atoms with Crippen molar-refractivity contribution >= 4 is 33.4 Å². The van der Waals surface area contributed by atoms with E-state index in [-0.39, 0.29) is 10.7 Å². The first kappa shape index (κ1) is 17.7. The highest BCUT2D eigenvalue weighted by Gasteiger charge is 2.12. The first-order valence-corrected chi connectivity index (χ1v) is 8.77. The van der Waals surface area contributed by atoms with Gasteiger partial charge in [-0.2, -0.15) is 0 Å². The molecule has 2 heterocycles. The number of thiazole rings is 1. The van der Waals surface area contributed by atoms with Gasteiger partial charge in [0.15, 0.2) is 16.8 Å². The molecule has 0 radical (unpaired) electrons. The summed E-state index contributed by atoms with van der Waals surface area (Å²) in [4.78, 5) is 44.2. The molecule has 28 heavy (non-hydrogen) atoms. The quantitative estimate of drug-likeness (QED) is 0.460. The molecule has 4 aromatic rings. The van der Waals surface area contributed by atoms with Gasteiger partial charge < -0.3 is 9.97 Å². The van der Waals surface area contributed by atoms with E-state index in [0.29, 0.717) is 22.3 Å². The van der Waals surface area contributed by atoms with Crippen LogP contribution in [0.5, 0.6) is 0 Å². The van der Waals surface area contributed by atoms with Crippen LogP contribution in [0, 0.1) is 11.6 Å². The Morgan fingerprint density at radius 1 is 0.964 bits per heavy atom. The lowest BCUT2D eigenvalue weighted by Crippen LogP contribution is -2.29. The van der Waals surface area contributed by atoms with Gasteiger partial charge in [0.1, 0.15) is 0 Å². The van der Waals surface area contributed by atoms with Gasteiger partial charge in [-0.15, -0.1) is 11.3 Å². The topological polar surface area (TPSA) is 108 Å². The summed E-state index contributed by atoms with van der Waals surface area (Å²) in [6.45, 7) is 0. The number of hydrogen-bond donors (Lipinski definition) is 3. The molecule has 2 aromatic heterocycles. The summed E-state index contributed by atoms with van der Waals surface area (Å²) < 4.78 is 26.4. The standard InChI is InChI=1S/C18H10F2N4O3S/c19-10-3-1-8(5-11(10)20)14-7-28-18(23-14)24-15(25)9-2-4-12-13(6-9)22-17(27)16(26)21-12/h1-7H,(H,21,26)(H,22,27)(H,23,24,25). The molecule has 0 aliphatic rings. The average Bonchev–Trinajstić information content (AvgIpc) is 3.13. The van der Waals surface area contributed by atoms with Crippen molar-refractivity contribution in [2.45, 2.75) is 0 Å². The number of hydrogen-bond acceptors (Lipinski definition) is 5. The van der Waals surface area contributed by atoms with Crippen molar-refractivity contribution in [3.8, 4) is 11.3 Å². The van der Waals surface area contributed by atoms with E-state index in [0.717, 1.165) is 23.5 Å². The molecular weight excluding hydrogens is 390 g/mol. The van der Waals surface area contributed by atoms with Crippen LogP contribution in [0.1, 0.15) is 10.4 Å².